The molecule has 3 aromatic rings. The van der Waals surface area contributed by atoms with Gasteiger partial charge in [0, 0.05) is 29.3 Å². The first-order valence-electron chi connectivity index (χ1n) is 8.58. The summed E-state index contributed by atoms with van der Waals surface area (Å²) in [5.74, 6) is 0.959. The van der Waals surface area contributed by atoms with Gasteiger partial charge in [0.15, 0.2) is 0 Å². The summed E-state index contributed by atoms with van der Waals surface area (Å²) in [6, 6.07) is 7.89. The Bertz CT molecular complexity index is 884. The second-order valence-electron chi connectivity index (χ2n) is 6.29. The Morgan fingerprint density at radius 2 is 2.16 bits per heavy atom. The maximum absolute atomic E-state index is 12.8. The standard InChI is InChI=1S/C19H20N4O2/c1-2-23(15-5-6-16-14(9-15)7-8-20-16)19(24)17-10-22-18(11-21-17)25-12-13-3-4-13/h5-11,13,20H,2-4,12H2,1H3. The van der Waals surface area contributed by atoms with E-state index in [1.54, 1.807) is 4.90 Å². The Kier molecular flexibility index (Phi) is 4.09. The lowest BCUT2D eigenvalue weighted by molar-refractivity contribution is 0.0983. The van der Waals surface area contributed by atoms with Crippen LogP contribution in [-0.2, 0) is 0 Å². The van der Waals surface area contributed by atoms with Gasteiger partial charge < -0.3 is 14.6 Å². The van der Waals surface area contributed by atoms with Crippen LogP contribution in [0.3, 0.4) is 0 Å². The molecule has 2 aromatic heterocycles. The maximum Gasteiger partial charge on any atom is 0.278 e. The summed E-state index contributed by atoms with van der Waals surface area (Å²) in [4.78, 5) is 26.1. The van der Waals surface area contributed by atoms with Crippen LogP contribution in [0.25, 0.3) is 10.9 Å². The third kappa shape index (κ3) is 3.33. The van der Waals surface area contributed by atoms with Gasteiger partial charge in [-0.15, -0.1) is 0 Å². The first-order chi connectivity index (χ1) is 12.2. The third-order valence-corrected chi connectivity index (χ3v) is 4.42. The number of ether oxygens (including phenoxy) is 1. The van der Waals surface area contributed by atoms with Crippen molar-refractivity contribution in [1.82, 2.24) is 15.0 Å². The molecule has 0 aliphatic heterocycles. The highest BCUT2D eigenvalue weighted by Crippen LogP contribution is 2.29. The topological polar surface area (TPSA) is 71.1 Å². The fraction of sp³-hybridized carbons (Fsp3) is 0.316. The zero-order chi connectivity index (χ0) is 17.2. The smallest absolute Gasteiger partial charge is 0.278 e. The number of benzene rings is 1. The number of fused-ring (bicyclic) bond motifs is 1. The molecule has 4 rings (SSSR count). The van der Waals surface area contributed by atoms with Gasteiger partial charge in [0.2, 0.25) is 5.88 Å². The normalized spacial score (nSPS) is 13.8. The van der Waals surface area contributed by atoms with Gasteiger partial charge in [-0.25, -0.2) is 9.97 Å². The second kappa shape index (κ2) is 6.55. The number of nitrogens with one attached hydrogen (secondary N) is 1. The lowest BCUT2D eigenvalue weighted by Crippen LogP contribution is -2.31. The molecule has 25 heavy (non-hydrogen) atoms. The quantitative estimate of drug-likeness (QED) is 0.749. The van der Waals surface area contributed by atoms with Crippen molar-refractivity contribution in [2.75, 3.05) is 18.1 Å². The molecule has 1 amide bonds. The van der Waals surface area contributed by atoms with Crippen molar-refractivity contribution < 1.29 is 9.53 Å². The van der Waals surface area contributed by atoms with E-state index in [0.29, 0.717) is 30.6 Å². The summed E-state index contributed by atoms with van der Waals surface area (Å²) in [5.41, 5.74) is 2.20. The number of H-pyrrole nitrogens is 1. The molecule has 0 spiro atoms. The van der Waals surface area contributed by atoms with Crippen molar-refractivity contribution in [3.8, 4) is 5.88 Å². The number of carbonyl (C=O) groups is 1. The SMILES string of the molecule is CCN(C(=O)c1cnc(OCC2CC2)cn1)c1ccc2[nH]ccc2c1. The minimum Gasteiger partial charge on any atom is -0.476 e. The minimum atomic E-state index is -0.168. The second-order valence-corrected chi connectivity index (χ2v) is 6.29. The van der Waals surface area contributed by atoms with Crippen molar-refractivity contribution in [3.63, 3.8) is 0 Å². The highest BCUT2D eigenvalue weighted by Gasteiger charge is 2.22. The molecule has 1 N–H and O–H groups in total. The van der Waals surface area contributed by atoms with E-state index < -0.39 is 0 Å². The van der Waals surface area contributed by atoms with Crippen molar-refractivity contribution in [1.29, 1.82) is 0 Å². The Balaban J connectivity index is 1.52. The number of aromatic amines is 1. The van der Waals surface area contributed by atoms with Crippen LogP contribution in [0.5, 0.6) is 5.88 Å². The fourth-order valence-corrected chi connectivity index (χ4v) is 2.78. The highest BCUT2D eigenvalue weighted by atomic mass is 16.5. The molecule has 0 bridgehead atoms. The van der Waals surface area contributed by atoms with Crippen molar-refractivity contribution in [2.45, 2.75) is 19.8 Å². The molecular weight excluding hydrogens is 316 g/mol. The molecule has 1 aliphatic rings. The van der Waals surface area contributed by atoms with Gasteiger partial charge in [0.05, 0.1) is 19.0 Å². The molecule has 0 radical (unpaired) electrons. The van der Waals surface area contributed by atoms with Gasteiger partial charge in [-0.1, -0.05) is 0 Å². The van der Waals surface area contributed by atoms with Gasteiger partial charge in [-0.2, -0.15) is 0 Å². The number of anilines is 1. The molecule has 128 valence electrons. The van der Waals surface area contributed by atoms with Gasteiger partial charge in [0.25, 0.3) is 5.91 Å². The van der Waals surface area contributed by atoms with Crippen LogP contribution in [0.1, 0.15) is 30.3 Å². The number of hydrogen-bond donors (Lipinski definition) is 1. The molecule has 1 saturated carbocycles. The van der Waals surface area contributed by atoms with Crippen LogP contribution in [-0.4, -0.2) is 34.0 Å². The van der Waals surface area contributed by atoms with E-state index in [-0.39, 0.29) is 5.91 Å². The summed E-state index contributed by atoms with van der Waals surface area (Å²) in [5, 5.41) is 1.07. The average Bonchev–Trinajstić information content (AvgIpc) is 3.36. The lowest BCUT2D eigenvalue weighted by atomic mass is 10.2. The Hall–Kier alpha value is -2.89. The molecule has 0 saturated heterocycles. The van der Waals surface area contributed by atoms with Crippen LogP contribution >= 0.6 is 0 Å². The molecule has 6 heteroatoms. The molecule has 2 heterocycles. The van der Waals surface area contributed by atoms with Crippen LogP contribution in [0.15, 0.2) is 42.9 Å². The van der Waals surface area contributed by atoms with Crippen LogP contribution in [0.2, 0.25) is 0 Å². The van der Waals surface area contributed by atoms with Crippen LogP contribution < -0.4 is 9.64 Å². The number of aromatic nitrogens is 3. The molecule has 1 aromatic carbocycles. The Morgan fingerprint density at radius 3 is 2.88 bits per heavy atom. The Morgan fingerprint density at radius 1 is 1.28 bits per heavy atom. The van der Waals surface area contributed by atoms with Crippen molar-refractivity contribution >= 4 is 22.5 Å². The van der Waals surface area contributed by atoms with Crippen molar-refractivity contribution in [2.24, 2.45) is 5.92 Å². The van der Waals surface area contributed by atoms with E-state index in [9.17, 15) is 4.79 Å². The van der Waals surface area contributed by atoms with E-state index in [1.165, 1.54) is 25.2 Å². The first-order valence-corrected chi connectivity index (χ1v) is 8.58. The summed E-state index contributed by atoms with van der Waals surface area (Å²) in [7, 11) is 0. The van der Waals surface area contributed by atoms with Gasteiger partial charge in [-0.05, 0) is 49.9 Å². The van der Waals surface area contributed by atoms with E-state index in [0.717, 1.165) is 16.6 Å². The highest BCUT2D eigenvalue weighted by molar-refractivity contribution is 6.05. The molecule has 0 atom stereocenters. The molecule has 6 nitrogen and oxygen atoms in total. The summed E-state index contributed by atoms with van der Waals surface area (Å²) >= 11 is 0. The summed E-state index contributed by atoms with van der Waals surface area (Å²) in [6.07, 6.45) is 7.35. The number of amides is 1. The van der Waals surface area contributed by atoms with Crippen molar-refractivity contribution in [3.05, 3.63) is 48.5 Å². The van der Waals surface area contributed by atoms with E-state index >= 15 is 0 Å². The number of carbonyl (C=O) groups excluding carboxylic acids is 1. The summed E-state index contributed by atoms with van der Waals surface area (Å²) in [6.45, 7) is 3.18. The van der Waals surface area contributed by atoms with Gasteiger partial charge in [-0.3, -0.25) is 4.79 Å². The monoisotopic (exact) mass is 336 g/mol. The molecular formula is C19H20N4O2. The third-order valence-electron chi connectivity index (χ3n) is 4.42. The number of rotatable bonds is 6. The van der Waals surface area contributed by atoms with Crippen LogP contribution in [0.4, 0.5) is 5.69 Å². The average molecular weight is 336 g/mol. The predicted octanol–water partition coefficient (Wildman–Crippen LogP) is 3.41. The Labute approximate surface area is 145 Å². The maximum atomic E-state index is 12.8. The fourth-order valence-electron chi connectivity index (χ4n) is 2.78. The van der Waals surface area contributed by atoms with E-state index in [4.69, 9.17) is 4.74 Å². The van der Waals surface area contributed by atoms with Gasteiger partial charge >= 0.3 is 0 Å². The predicted molar refractivity (Wildman–Crippen MR) is 95.9 cm³/mol. The zero-order valence-corrected chi connectivity index (χ0v) is 14.1. The lowest BCUT2D eigenvalue weighted by Gasteiger charge is -2.20. The van der Waals surface area contributed by atoms with E-state index in [1.807, 2.05) is 37.4 Å². The molecule has 1 aliphatic carbocycles. The van der Waals surface area contributed by atoms with E-state index in [2.05, 4.69) is 15.0 Å². The van der Waals surface area contributed by atoms with Crippen LogP contribution in [0, 0.1) is 5.92 Å². The molecule has 0 unspecified atom stereocenters. The number of nitrogens with zero attached hydrogens (tertiary/aromatic N) is 3. The molecule has 1 fully saturated rings. The number of hydrogen-bond acceptors (Lipinski definition) is 4. The largest absolute Gasteiger partial charge is 0.476 e. The zero-order valence-electron chi connectivity index (χ0n) is 14.1. The first kappa shape index (κ1) is 15.6. The summed E-state index contributed by atoms with van der Waals surface area (Å²) < 4.78 is 5.57. The van der Waals surface area contributed by atoms with Gasteiger partial charge in [0.1, 0.15) is 5.69 Å². The minimum absolute atomic E-state index is 0.168.